The van der Waals surface area contributed by atoms with E-state index in [9.17, 15) is 26.4 Å². The molecule has 1 atom stereocenters. The molecular weight excluding hydrogens is 405 g/mol. The molecule has 0 aliphatic rings. The van der Waals surface area contributed by atoms with Gasteiger partial charge >= 0.3 is 6.18 Å². The number of nitrogens with zero attached hydrogens (tertiary/aromatic N) is 1. The highest BCUT2D eigenvalue weighted by molar-refractivity contribution is 7.92. The Kier molecular flexibility index (Phi) is 6.94. The van der Waals surface area contributed by atoms with Crippen molar-refractivity contribution in [2.24, 2.45) is 0 Å². The maximum absolute atomic E-state index is 13.0. The molecule has 0 unspecified atom stereocenters. The average Bonchev–Trinajstić information content (AvgIpc) is 2.63. The fraction of sp³-hybridized carbons (Fsp3) is 0.350. The number of rotatable bonds is 7. The molecule has 0 bridgehead atoms. The molecule has 0 aromatic heterocycles. The summed E-state index contributed by atoms with van der Waals surface area (Å²) in [5.41, 5.74) is 0.704. The predicted octanol–water partition coefficient (Wildman–Crippen LogP) is 4.05. The number of nitrogens with one attached hydrogen (secondary N) is 1. The molecule has 5 nitrogen and oxygen atoms in total. The Bertz CT molecular complexity index is 958. The summed E-state index contributed by atoms with van der Waals surface area (Å²) in [7, 11) is -3.98. The van der Waals surface area contributed by atoms with Gasteiger partial charge in [0, 0.05) is 0 Å². The lowest BCUT2D eigenvalue weighted by atomic mass is 10.0. The normalized spacial score (nSPS) is 13.0. The summed E-state index contributed by atoms with van der Waals surface area (Å²) in [5, 5.41) is 2.75. The second kappa shape index (κ2) is 8.86. The molecule has 0 fully saturated rings. The number of benzene rings is 2. The summed E-state index contributed by atoms with van der Waals surface area (Å²) in [6.07, 6.45) is -3.21. The summed E-state index contributed by atoms with van der Waals surface area (Å²) in [6.45, 7) is 3.18. The van der Waals surface area contributed by atoms with Gasteiger partial charge in [0.25, 0.3) is 0 Å². The van der Waals surface area contributed by atoms with Crippen LogP contribution in [0, 0.1) is 6.92 Å². The molecule has 2 aromatic rings. The Morgan fingerprint density at radius 1 is 1.14 bits per heavy atom. The molecule has 158 valence electrons. The number of sulfonamides is 1. The van der Waals surface area contributed by atoms with E-state index >= 15 is 0 Å². The summed E-state index contributed by atoms with van der Waals surface area (Å²) in [6, 6.07) is 11.1. The first-order valence-electron chi connectivity index (χ1n) is 8.92. The van der Waals surface area contributed by atoms with Gasteiger partial charge in [0.05, 0.1) is 23.5 Å². The highest BCUT2D eigenvalue weighted by atomic mass is 32.2. The third-order valence-corrected chi connectivity index (χ3v) is 5.51. The van der Waals surface area contributed by atoms with Crippen LogP contribution in [0.25, 0.3) is 0 Å². The number of halogens is 3. The van der Waals surface area contributed by atoms with Crippen LogP contribution in [0.2, 0.25) is 0 Å². The lowest BCUT2D eigenvalue weighted by Gasteiger charge is -2.24. The van der Waals surface area contributed by atoms with Gasteiger partial charge in [-0.25, -0.2) is 8.42 Å². The van der Waals surface area contributed by atoms with Crippen molar-refractivity contribution in [3.63, 3.8) is 0 Å². The third-order valence-electron chi connectivity index (χ3n) is 4.37. The van der Waals surface area contributed by atoms with Crippen molar-refractivity contribution in [1.82, 2.24) is 5.32 Å². The number of hydrogen-bond donors (Lipinski definition) is 1. The first-order chi connectivity index (χ1) is 13.4. The Morgan fingerprint density at radius 2 is 1.76 bits per heavy atom. The zero-order valence-electron chi connectivity index (χ0n) is 16.3. The molecule has 0 aliphatic carbocycles. The van der Waals surface area contributed by atoms with Crippen LogP contribution in [0.4, 0.5) is 18.9 Å². The van der Waals surface area contributed by atoms with Crippen LogP contribution in [-0.4, -0.2) is 27.1 Å². The third kappa shape index (κ3) is 6.22. The topological polar surface area (TPSA) is 66.5 Å². The molecule has 1 N–H and O–H groups in total. The second-order valence-electron chi connectivity index (χ2n) is 6.76. The Balaban J connectivity index is 2.24. The van der Waals surface area contributed by atoms with Crippen molar-refractivity contribution in [3.8, 4) is 0 Å². The standard InChI is InChI=1S/C20H23F3N2O3S/c1-4-18(15-10-8-14(2)9-11-15)24-19(26)13-25(29(3,27)28)17-7-5-6-16(12-17)20(21,22)23/h5-12,18H,4,13H2,1-3H3,(H,24,26)/t18-/m1/s1. The fourth-order valence-corrected chi connectivity index (χ4v) is 3.68. The van der Waals surface area contributed by atoms with Crippen molar-refractivity contribution in [2.45, 2.75) is 32.5 Å². The van der Waals surface area contributed by atoms with Gasteiger partial charge in [0.1, 0.15) is 6.54 Å². The molecule has 2 rings (SSSR count). The van der Waals surface area contributed by atoms with Crippen LogP contribution in [0.3, 0.4) is 0 Å². The summed E-state index contributed by atoms with van der Waals surface area (Å²) in [5.74, 6) is -0.611. The van der Waals surface area contributed by atoms with E-state index in [2.05, 4.69) is 5.32 Å². The molecule has 0 saturated carbocycles. The minimum absolute atomic E-state index is 0.221. The van der Waals surface area contributed by atoms with Crippen molar-refractivity contribution in [1.29, 1.82) is 0 Å². The molecule has 29 heavy (non-hydrogen) atoms. The van der Waals surface area contributed by atoms with Gasteiger partial charge in [0.2, 0.25) is 15.9 Å². The van der Waals surface area contributed by atoms with Gasteiger partial charge in [0.15, 0.2) is 0 Å². The molecule has 9 heteroatoms. The van der Waals surface area contributed by atoms with Crippen molar-refractivity contribution >= 4 is 21.6 Å². The van der Waals surface area contributed by atoms with Crippen LogP contribution >= 0.6 is 0 Å². The maximum atomic E-state index is 13.0. The Hall–Kier alpha value is -2.55. The maximum Gasteiger partial charge on any atom is 0.416 e. The summed E-state index contributed by atoms with van der Waals surface area (Å²) in [4.78, 5) is 12.5. The highest BCUT2D eigenvalue weighted by Gasteiger charge is 2.32. The number of hydrogen-bond acceptors (Lipinski definition) is 3. The first kappa shape index (κ1) is 22.7. The molecule has 0 saturated heterocycles. The number of carbonyl (C=O) groups excluding carboxylic acids is 1. The lowest BCUT2D eigenvalue weighted by Crippen LogP contribution is -2.41. The van der Waals surface area contributed by atoms with Gasteiger partial charge in [-0.3, -0.25) is 9.10 Å². The smallest absolute Gasteiger partial charge is 0.348 e. The van der Waals surface area contributed by atoms with E-state index in [1.54, 1.807) is 0 Å². The zero-order chi connectivity index (χ0) is 21.8. The Labute approximate surface area is 168 Å². The molecule has 0 aliphatic heterocycles. The molecule has 1 amide bonds. The van der Waals surface area contributed by atoms with Gasteiger partial charge in [-0.15, -0.1) is 0 Å². The average molecular weight is 428 g/mol. The summed E-state index contributed by atoms with van der Waals surface area (Å²) >= 11 is 0. The van der Waals surface area contributed by atoms with Crippen LogP contribution in [0.15, 0.2) is 48.5 Å². The number of carbonyl (C=O) groups is 1. The van der Waals surface area contributed by atoms with Gasteiger partial charge in [-0.05, 0) is 37.1 Å². The van der Waals surface area contributed by atoms with E-state index < -0.39 is 34.2 Å². The predicted molar refractivity (Wildman–Crippen MR) is 106 cm³/mol. The fourth-order valence-electron chi connectivity index (χ4n) is 2.83. The van der Waals surface area contributed by atoms with E-state index in [-0.39, 0.29) is 11.7 Å². The molecule has 2 aromatic carbocycles. The van der Waals surface area contributed by atoms with E-state index in [4.69, 9.17) is 0 Å². The summed E-state index contributed by atoms with van der Waals surface area (Å²) < 4.78 is 63.9. The van der Waals surface area contributed by atoms with E-state index in [1.807, 2.05) is 38.1 Å². The molecule has 0 radical (unpaired) electrons. The Morgan fingerprint density at radius 3 is 2.28 bits per heavy atom. The number of alkyl halides is 3. The van der Waals surface area contributed by atoms with Crippen LogP contribution in [-0.2, 0) is 21.0 Å². The van der Waals surface area contributed by atoms with Crippen molar-refractivity contribution in [2.75, 3.05) is 17.1 Å². The van der Waals surface area contributed by atoms with Crippen LogP contribution in [0.1, 0.15) is 36.1 Å². The molecular formula is C20H23F3N2O3S. The minimum Gasteiger partial charge on any atom is -0.348 e. The minimum atomic E-state index is -4.62. The van der Waals surface area contributed by atoms with Crippen molar-refractivity contribution in [3.05, 3.63) is 65.2 Å². The van der Waals surface area contributed by atoms with Gasteiger partial charge in [-0.2, -0.15) is 13.2 Å². The van der Waals surface area contributed by atoms with Crippen molar-refractivity contribution < 1.29 is 26.4 Å². The largest absolute Gasteiger partial charge is 0.416 e. The van der Waals surface area contributed by atoms with E-state index in [0.717, 1.165) is 29.5 Å². The highest BCUT2D eigenvalue weighted by Crippen LogP contribution is 2.32. The van der Waals surface area contributed by atoms with Gasteiger partial charge < -0.3 is 5.32 Å². The number of anilines is 1. The quantitative estimate of drug-likeness (QED) is 0.724. The zero-order valence-corrected chi connectivity index (χ0v) is 17.1. The monoisotopic (exact) mass is 428 g/mol. The molecule has 0 heterocycles. The lowest BCUT2D eigenvalue weighted by molar-refractivity contribution is -0.137. The number of aryl methyl sites for hydroxylation is 1. The van der Waals surface area contributed by atoms with Crippen LogP contribution in [0.5, 0.6) is 0 Å². The van der Waals surface area contributed by atoms with Crippen LogP contribution < -0.4 is 9.62 Å². The van der Waals surface area contributed by atoms with E-state index in [1.165, 1.54) is 6.07 Å². The van der Waals surface area contributed by atoms with E-state index in [0.29, 0.717) is 16.8 Å². The SMILES string of the molecule is CC[C@@H](NC(=O)CN(c1cccc(C(F)(F)F)c1)S(C)(=O)=O)c1ccc(C)cc1. The number of amides is 1. The molecule has 0 spiro atoms. The second-order valence-corrected chi connectivity index (χ2v) is 8.66. The van der Waals surface area contributed by atoms with Gasteiger partial charge in [-0.1, -0.05) is 42.8 Å². The first-order valence-corrected chi connectivity index (χ1v) is 10.8.